The Labute approximate surface area is 135 Å². The van der Waals surface area contributed by atoms with E-state index >= 15 is 0 Å². The standard InChI is InChI=1S/C17H13N3O2S/c1-13-6-8-16(9-7-13)23(21,22)20-17-5-3-2-4-15(17)10-14(11-18)12-19/h2-10,20H,1H3. The molecular formula is C17H13N3O2S. The number of rotatable bonds is 4. The summed E-state index contributed by atoms with van der Waals surface area (Å²) in [7, 11) is -3.75. The SMILES string of the molecule is Cc1ccc(S(=O)(=O)Nc2ccccc2C=C(C#N)C#N)cc1. The summed E-state index contributed by atoms with van der Waals surface area (Å²) >= 11 is 0. The van der Waals surface area contributed by atoms with Crippen LogP contribution in [0.2, 0.25) is 0 Å². The molecule has 0 amide bonds. The van der Waals surface area contributed by atoms with E-state index in [9.17, 15) is 8.42 Å². The zero-order chi connectivity index (χ0) is 16.9. The minimum Gasteiger partial charge on any atom is -0.279 e. The lowest BCUT2D eigenvalue weighted by Crippen LogP contribution is -2.13. The predicted molar refractivity (Wildman–Crippen MR) is 87.6 cm³/mol. The average molecular weight is 323 g/mol. The third kappa shape index (κ3) is 3.97. The molecule has 2 aromatic carbocycles. The molecule has 0 aliphatic carbocycles. The maximum Gasteiger partial charge on any atom is 0.261 e. The summed E-state index contributed by atoms with van der Waals surface area (Å²) in [4.78, 5) is 0.141. The Morgan fingerprint density at radius 2 is 1.65 bits per heavy atom. The highest BCUT2D eigenvalue weighted by Crippen LogP contribution is 2.22. The number of allylic oxidation sites excluding steroid dienone is 1. The molecule has 0 saturated heterocycles. The van der Waals surface area contributed by atoms with Gasteiger partial charge in [0.25, 0.3) is 10.0 Å². The third-order valence-corrected chi connectivity index (χ3v) is 4.46. The maximum atomic E-state index is 12.4. The lowest BCUT2D eigenvalue weighted by atomic mass is 10.1. The number of nitrogens with zero attached hydrogens (tertiary/aromatic N) is 2. The highest BCUT2D eigenvalue weighted by molar-refractivity contribution is 7.92. The first-order chi connectivity index (χ1) is 11.0. The molecule has 0 bridgehead atoms. The van der Waals surface area contributed by atoms with Gasteiger partial charge in [0, 0.05) is 5.56 Å². The van der Waals surface area contributed by atoms with Crippen LogP contribution in [0.4, 0.5) is 5.69 Å². The molecule has 1 N–H and O–H groups in total. The van der Waals surface area contributed by atoms with Gasteiger partial charge in [0.15, 0.2) is 0 Å². The molecular weight excluding hydrogens is 310 g/mol. The van der Waals surface area contributed by atoms with Crippen molar-refractivity contribution in [2.24, 2.45) is 0 Å². The molecule has 5 nitrogen and oxygen atoms in total. The normalized spacial score (nSPS) is 10.2. The van der Waals surface area contributed by atoms with Crippen molar-refractivity contribution in [2.45, 2.75) is 11.8 Å². The van der Waals surface area contributed by atoms with Crippen molar-refractivity contribution in [1.29, 1.82) is 10.5 Å². The van der Waals surface area contributed by atoms with E-state index in [0.29, 0.717) is 11.3 Å². The molecule has 0 spiro atoms. The Hall–Kier alpha value is -3.09. The van der Waals surface area contributed by atoms with Crippen LogP contribution in [0.5, 0.6) is 0 Å². The van der Waals surface area contributed by atoms with Gasteiger partial charge in [-0.25, -0.2) is 8.42 Å². The second-order valence-electron chi connectivity index (χ2n) is 4.79. The van der Waals surface area contributed by atoms with Crippen molar-refractivity contribution in [3.8, 4) is 12.1 Å². The van der Waals surface area contributed by atoms with Crippen LogP contribution in [0.3, 0.4) is 0 Å². The van der Waals surface area contributed by atoms with Crippen LogP contribution in [0, 0.1) is 29.6 Å². The van der Waals surface area contributed by atoms with Gasteiger partial charge in [-0.2, -0.15) is 10.5 Å². The van der Waals surface area contributed by atoms with E-state index in [4.69, 9.17) is 10.5 Å². The van der Waals surface area contributed by atoms with E-state index in [1.165, 1.54) is 18.2 Å². The first kappa shape index (κ1) is 16.3. The van der Waals surface area contributed by atoms with Gasteiger partial charge in [0.1, 0.15) is 17.7 Å². The van der Waals surface area contributed by atoms with Gasteiger partial charge >= 0.3 is 0 Å². The molecule has 2 aromatic rings. The number of hydrogen-bond donors (Lipinski definition) is 1. The molecule has 114 valence electrons. The van der Waals surface area contributed by atoms with Crippen LogP contribution in [0.15, 0.2) is 59.0 Å². The summed E-state index contributed by atoms with van der Waals surface area (Å²) in [5.41, 5.74) is 1.60. The van der Waals surface area contributed by atoms with Crippen LogP contribution >= 0.6 is 0 Å². The first-order valence-electron chi connectivity index (χ1n) is 6.66. The number of sulfonamides is 1. The number of hydrogen-bond acceptors (Lipinski definition) is 4. The Bertz CT molecular complexity index is 915. The smallest absolute Gasteiger partial charge is 0.261 e. The predicted octanol–water partition coefficient (Wildman–Crippen LogP) is 3.23. The highest BCUT2D eigenvalue weighted by Gasteiger charge is 2.15. The molecule has 0 aliphatic heterocycles. The maximum absolute atomic E-state index is 12.4. The van der Waals surface area contributed by atoms with Gasteiger partial charge in [0.2, 0.25) is 0 Å². The van der Waals surface area contributed by atoms with Crippen LogP contribution < -0.4 is 4.72 Å². The van der Waals surface area contributed by atoms with Gasteiger partial charge in [0.05, 0.1) is 10.6 Å². The van der Waals surface area contributed by atoms with E-state index in [2.05, 4.69) is 4.72 Å². The van der Waals surface area contributed by atoms with E-state index < -0.39 is 10.0 Å². The molecule has 6 heteroatoms. The molecule has 23 heavy (non-hydrogen) atoms. The van der Waals surface area contributed by atoms with Gasteiger partial charge < -0.3 is 0 Å². The Kier molecular flexibility index (Phi) is 4.80. The van der Waals surface area contributed by atoms with Crippen molar-refractivity contribution in [1.82, 2.24) is 0 Å². The van der Waals surface area contributed by atoms with Crippen molar-refractivity contribution >= 4 is 21.8 Å². The summed E-state index contributed by atoms with van der Waals surface area (Å²) in [6.07, 6.45) is 1.34. The number of benzene rings is 2. The fraction of sp³-hybridized carbons (Fsp3) is 0.0588. The zero-order valence-corrected chi connectivity index (χ0v) is 13.1. The van der Waals surface area contributed by atoms with Crippen molar-refractivity contribution in [3.63, 3.8) is 0 Å². The van der Waals surface area contributed by atoms with Gasteiger partial charge in [-0.3, -0.25) is 4.72 Å². The molecule has 0 unspecified atom stereocenters. The lowest BCUT2D eigenvalue weighted by Gasteiger charge is -2.11. The number of anilines is 1. The minimum atomic E-state index is -3.75. The second kappa shape index (κ2) is 6.78. The Balaban J connectivity index is 2.41. The van der Waals surface area contributed by atoms with Crippen LogP contribution in [0.1, 0.15) is 11.1 Å². The third-order valence-electron chi connectivity index (χ3n) is 3.08. The fourth-order valence-electron chi connectivity index (χ4n) is 1.88. The largest absolute Gasteiger partial charge is 0.279 e. The Morgan fingerprint density at radius 1 is 1.04 bits per heavy atom. The Morgan fingerprint density at radius 3 is 2.26 bits per heavy atom. The fourth-order valence-corrected chi connectivity index (χ4v) is 2.97. The van der Waals surface area contributed by atoms with E-state index in [1.54, 1.807) is 48.5 Å². The van der Waals surface area contributed by atoms with Crippen LogP contribution in [-0.2, 0) is 10.0 Å². The monoisotopic (exact) mass is 323 g/mol. The molecule has 0 saturated carbocycles. The summed E-state index contributed by atoms with van der Waals surface area (Å²) in [6.45, 7) is 1.87. The molecule has 0 radical (unpaired) electrons. The van der Waals surface area contributed by atoms with Gasteiger partial charge in [-0.1, -0.05) is 35.9 Å². The summed E-state index contributed by atoms with van der Waals surface area (Å²) < 4.78 is 27.3. The molecule has 0 aliphatic rings. The number of aryl methyl sites for hydroxylation is 1. The lowest BCUT2D eigenvalue weighted by molar-refractivity contribution is 0.601. The second-order valence-corrected chi connectivity index (χ2v) is 6.47. The molecule has 0 fully saturated rings. The van der Waals surface area contributed by atoms with E-state index in [-0.39, 0.29) is 10.5 Å². The van der Waals surface area contributed by atoms with E-state index in [0.717, 1.165) is 5.56 Å². The van der Waals surface area contributed by atoms with Crippen LogP contribution in [-0.4, -0.2) is 8.42 Å². The number of nitrogens with one attached hydrogen (secondary N) is 1. The van der Waals surface area contributed by atoms with Gasteiger partial charge in [-0.15, -0.1) is 0 Å². The van der Waals surface area contributed by atoms with Gasteiger partial charge in [-0.05, 0) is 31.2 Å². The van der Waals surface area contributed by atoms with Crippen molar-refractivity contribution < 1.29 is 8.42 Å². The molecule has 0 aromatic heterocycles. The number of nitriles is 2. The molecule has 0 atom stereocenters. The van der Waals surface area contributed by atoms with Crippen molar-refractivity contribution in [3.05, 3.63) is 65.2 Å². The minimum absolute atomic E-state index is 0.105. The summed E-state index contributed by atoms with van der Waals surface area (Å²) in [6, 6.07) is 16.5. The first-order valence-corrected chi connectivity index (χ1v) is 8.15. The topological polar surface area (TPSA) is 93.8 Å². The summed E-state index contributed by atoms with van der Waals surface area (Å²) in [5.74, 6) is 0. The molecule has 0 heterocycles. The average Bonchev–Trinajstić information content (AvgIpc) is 2.54. The van der Waals surface area contributed by atoms with Crippen LogP contribution in [0.25, 0.3) is 6.08 Å². The quantitative estimate of drug-likeness (QED) is 0.874. The molecule has 2 rings (SSSR count). The number of para-hydroxylation sites is 1. The highest BCUT2D eigenvalue weighted by atomic mass is 32.2. The van der Waals surface area contributed by atoms with Crippen molar-refractivity contribution in [2.75, 3.05) is 4.72 Å². The zero-order valence-electron chi connectivity index (χ0n) is 12.3. The van der Waals surface area contributed by atoms with E-state index in [1.807, 2.05) is 6.92 Å². The summed E-state index contributed by atoms with van der Waals surface area (Å²) in [5, 5.41) is 17.7.